The Morgan fingerprint density at radius 1 is 0.886 bits per heavy atom. The van der Waals surface area contributed by atoms with Crippen LogP contribution in [-0.4, -0.2) is 53.9 Å². The minimum Gasteiger partial charge on any atom is -0.465 e. The van der Waals surface area contributed by atoms with E-state index >= 15 is 0 Å². The van der Waals surface area contributed by atoms with E-state index in [9.17, 15) is 9.59 Å². The summed E-state index contributed by atoms with van der Waals surface area (Å²) < 4.78 is 11.5. The van der Waals surface area contributed by atoms with Gasteiger partial charge in [-0.15, -0.1) is 0 Å². The lowest BCUT2D eigenvalue weighted by Crippen LogP contribution is -2.30. The standard InChI is InChI=1S/C28H35N3O4/c1-19(2)16-30(17-20(3)4)18-21-11-10-12-22(15-21)25-24(27(32)34-5)26(28(33)35-6)31(29-25)23-13-8-7-9-14-23/h7-15,19-20H,16-18H2,1-6H3. The summed E-state index contributed by atoms with van der Waals surface area (Å²) in [5.41, 5.74) is 2.97. The molecule has 7 heteroatoms. The van der Waals surface area contributed by atoms with Crippen LogP contribution in [0.4, 0.5) is 0 Å². The van der Waals surface area contributed by atoms with Crippen LogP contribution in [0.1, 0.15) is 54.1 Å². The second kappa shape index (κ2) is 11.8. The molecule has 0 aliphatic carbocycles. The smallest absolute Gasteiger partial charge is 0.357 e. The number of nitrogens with zero attached hydrogens (tertiary/aromatic N) is 3. The number of esters is 2. The van der Waals surface area contributed by atoms with Crippen LogP contribution in [0.3, 0.4) is 0 Å². The van der Waals surface area contributed by atoms with Crippen LogP contribution in [0.25, 0.3) is 16.9 Å². The van der Waals surface area contributed by atoms with Gasteiger partial charge in [0, 0.05) is 25.2 Å². The van der Waals surface area contributed by atoms with Gasteiger partial charge >= 0.3 is 11.9 Å². The van der Waals surface area contributed by atoms with Crippen molar-refractivity contribution in [3.63, 3.8) is 0 Å². The number of aromatic nitrogens is 2. The van der Waals surface area contributed by atoms with Crippen molar-refractivity contribution in [2.24, 2.45) is 11.8 Å². The molecule has 0 bridgehead atoms. The molecular weight excluding hydrogens is 442 g/mol. The van der Waals surface area contributed by atoms with Gasteiger partial charge < -0.3 is 9.47 Å². The monoisotopic (exact) mass is 477 g/mol. The normalized spacial score (nSPS) is 11.3. The lowest BCUT2D eigenvalue weighted by atomic mass is 10.0. The Balaban J connectivity index is 2.13. The van der Waals surface area contributed by atoms with E-state index in [1.165, 1.54) is 18.9 Å². The molecule has 1 aromatic heterocycles. The molecule has 0 aliphatic rings. The van der Waals surface area contributed by atoms with Crippen LogP contribution in [0.5, 0.6) is 0 Å². The highest BCUT2D eigenvalue weighted by Crippen LogP contribution is 2.30. The van der Waals surface area contributed by atoms with Crippen LogP contribution in [0.15, 0.2) is 54.6 Å². The first-order valence-electron chi connectivity index (χ1n) is 11.9. The first-order valence-corrected chi connectivity index (χ1v) is 11.9. The molecule has 0 saturated heterocycles. The average Bonchev–Trinajstić information content (AvgIpc) is 3.23. The Morgan fingerprint density at radius 2 is 1.51 bits per heavy atom. The van der Waals surface area contributed by atoms with E-state index in [0.29, 0.717) is 23.2 Å². The molecule has 0 unspecified atom stereocenters. The van der Waals surface area contributed by atoms with Gasteiger partial charge in [0.25, 0.3) is 0 Å². The molecule has 1 heterocycles. The number of hydrogen-bond acceptors (Lipinski definition) is 6. The molecule has 0 atom stereocenters. The lowest BCUT2D eigenvalue weighted by molar-refractivity contribution is 0.0549. The van der Waals surface area contributed by atoms with Crippen molar-refractivity contribution < 1.29 is 19.1 Å². The average molecular weight is 478 g/mol. The molecule has 35 heavy (non-hydrogen) atoms. The zero-order valence-electron chi connectivity index (χ0n) is 21.4. The maximum Gasteiger partial charge on any atom is 0.357 e. The van der Waals surface area contributed by atoms with Crippen molar-refractivity contribution in [3.05, 3.63) is 71.4 Å². The first kappa shape index (κ1) is 26.2. The molecule has 186 valence electrons. The summed E-state index contributed by atoms with van der Waals surface area (Å²) in [5, 5.41) is 4.71. The highest BCUT2D eigenvalue weighted by molar-refractivity contribution is 6.06. The highest BCUT2D eigenvalue weighted by atomic mass is 16.5. The fourth-order valence-electron chi connectivity index (χ4n) is 4.27. The van der Waals surface area contributed by atoms with Crippen LogP contribution in [-0.2, 0) is 16.0 Å². The number of ether oxygens (including phenoxy) is 2. The van der Waals surface area contributed by atoms with Crippen molar-refractivity contribution >= 4 is 11.9 Å². The molecule has 0 spiro atoms. The van der Waals surface area contributed by atoms with Gasteiger partial charge in [-0.2, -0.15) is 5.10 Å². The Kier molecular flexibility index (Phi) is 8.82. The second-order valence-corrected chi connectivity index (χ2v) is 9.48. The van der Waals surface area contributed by atoms with Crippen LogP contribution in [0, 0.1) is 11.8 Å². The molecule has 0 radical (unpaired) electrons. The van der Waals surface area contributed by atoms with E-state index in [0.717, 1.165) is 30.8 Å². The van der Waals surface area contributed by atoms with E-state index < -0.39 is 11.9 Å². The fraction of sp³-hybridized carbons (Fsp3) is 0.393. The molecule has 2 aromatic carbocycles. The van der Waals surface area contributed by atoms with Crippen molar-refractivity contribution in [1.82, 2.24) is 14.7 Å². The van der Waals surface area contributed by atoms with Gasteiger partial charge in [-0.1, -0.05) is 64.1 Å². The van der Waals surface area contributed by atoms with Crippen LogP contribution >= 0.6 is 0 Å². The third-order valence-electron chi connectivity index (χ3n) is 5.51. The second-order valence-electron chi connectivity index (χ2n) is 9.48. The Hall–Kier alpha value is -3.45. The Labute approximate surface area is 207 Å². The third-order valence-corrected chi connectivity index (χ3v) is 5.51. The van der Waals surface area contributed by atoms with Crippen molar-refractivity contribution in [2.45, 2.75) is 34.2 Å². The Morgan fingerprint density at radius 3 is 2.09 bits per heavy atom. The summed E-state index contributed by atoms with van der Waals surface area (Å²) in [6.07, 6.45) is 0. The predicted molar refractivity (Wildman–Crippen MR) is 137 cm³/mol. The summed E-state index contributed by atoms with van der Waals surface area (Å²) in [5.74, 6) is -0.211. The van der Waals surface area contributed by atoms with Gasteiger partial charge in [-0.3, -0.25) is 4.90 Å². The first-order chi connectivity index (χ1) is 16.7. The number of methoxy groups -OCH3 is 2. The van der Waals surface area contributed by atoms with E-state index in [4.69, 9.17) is 14.6 Å². The van der Waals surface area contributed by atoms with E-state index in [1.54, 1.807) is 0 Å². The quantitative estimate of drug-likeness (QED) is 0.373. The largest absolute Gasteiger partial charge is 0.465 e. The summed E-state index contributed by atoms with van der Waals surface area (Å²) >= 11 is 0. The van der Waals surface area contributed by atoms with Gasteiger partial charge in [0.15, 0.2) is 5.69 Å². The Bertz CT molecular complexity index is 1140. The van der Waals surface area contributed by atoms with Crippen LogP contribution in [0.2, 0.25) is 0 Å². The molecule has 7 nitrogen and oxygen atoms in total. The molecular formula is C28H35N3O4. The van der Waals surface area contributed by atoms with E-state index in [-0.39, 0.29) is 11.3 Å². The SMILES string of the molecule is COC(=O)c1c(-c2cccc(CN(CC(C)C)CC(C)C)c2)nn(-c2ccccc2)c1C(=O)OC. The molecule has 0 amide bonds. The fourth-order valence-corrected chi connectivity index (χ4v) is 4.27. The number of hydrogen-bond donors (Lipinski definition) is 0. The van der Waals surface area contributed by atoms with Crippen molar-refractivity contribution in [3.8, 4) is 16.9 Å². The lowest BCUT2D eigenvalue weighted by Gasteiger charge is -2.26. The number of carbonyl (C=O) groups is 2. The van der Waals surface area contributed by atoms with Gasteiger partial charge in [0.05, 0.1) is 19.9 Å². The van der Waals surface area contributed by atoms with Gasteiger partial charge in [-0.05, 0) is 35.6 Å². The van der Waals surface area contributed by atoms with Gasteiger partial charge in [-0.25, -0.2) is 14.3 Å². The van der Waals surface area contributed by atoms with Crippen molar-refractivity contribution in [2.75, 3.05) is 27.3 Å². The summed E-state index contributed by atoms with van der Waals surface area (Å²) in [6, 6.07) is 17.1. The molecule has 3 aromatic rings. The predicted octanol–water partition coefficient (Wildman–Crippen LogP) is 5.23. The molecule has 0 N–H and O–H groups in total. The van der Waals surface area contributed by atoms with Crippen molar-refractivity contribution in [1.29, 1.82) is 0 Å². The molecule has 3 rings (SSSR count). The number of benzene rings is 2. The van der Waals surface area contributed by atoms with Gasteiger partial charge in [0.1, 0.15) is 11.3 Å². The third kappa shape index (κ3) is 6.36. The number of carbonyl (C=O) groups excluding carboxylic acids is 2. The molecule has 0 fully saturated rings. The highest BCUT2D eigenvalue weighted by Gasteiger charge is 2.31. The van der Waals surface area contributed by atoms with E-state index in [1.807, 2.05) is 48.5 Å². The summed E-state index contributed by atoms with van der Waals surface area (Å²) in [6.45, 7) is 11.6. The minimum atomic E-state index is -0.663. The molecule has 0 saturated carbocycles. The zero-order valence-corrected chi connectivity index (χ0v) is 21.4. The maximum absolute atomic E-state index is 12.9. The maximum atomic E-state index is 12.9. The number of rotatable bonds is 10. The zero-order chi connectivity index (χ0) is 25.5. The minimum absolute atomic E-state index is 0.0344. The molecule has 0 aliphatic heterocycles. The summed E-state index contributed by atoms with van der Waals surface area (Å²) in [7, 11) is 2.57. The van der Waals surface area contributed by atoms with Gasteiger partial charge in [0.2, 0.25) is 0 Å². The topological polar surface area (TPSA) is 73.7 Å². The number of para-hydroxylation sites is 1. The van der Waals surface area contributed by atoms with Crippen LogP contribution < -0.4 is 0 Å². The summed E-state index contributed by atoms with van der Waals surface area (Å²) in [4.78, 5) is 28.2. The van der Waals surface area contributed by atoms with E-state index in [2.05, 4.69) is 38.7 Å².